The number of nitrogens with one attached hydrogen (secondary N) is 1. The van der Waals surface area contributed by atoms with Gasteiger partial charge in [0.2, 0.25) is 10.0 Å². The molecule has 0 aliphatic rings. The van der Waals surface area contributed by atoms with E-state index in [4.69, 9.17) is 0 Å². The Morgan fingerprint density at radius 3 is 2.12 bits per heavy atom. The number of hydrogen-bond acceptors (Lipinski definition) is 2. The molecular weight excluding hydrogens is 358 g/mol. The van der Waals surface area contributed by atoms with E-state index in [0.717, 1.165) is 0 Å². The minimum absolute atomic E-state index is 0.0408. The predicted molar refractivity (Wildman–Crippen MR) is 60.4 cm³/mol. The van der Waals surface area contributed by atoms with Gasteiger partial charge in [-0.05, 0) is 0 Å². The molecule has 0 fully saturated rings. The van der Waals surface area contributed by atoms with Crippen LogP contribution in [-0.4, -0.2) is 19.4 Å². The fourth-order valence-corrected chi connectivity index (χ4v) is 2.81. The molecule has 1 N–H and O–H groups in total. The maximum Gasteiger partial charge on any atom is 0.246 e. The zero-order valence-electron chi connectivity index (χ0n) is 7.81. The zero-order chi connectivity index (χ0) is 12.3. The molecule has 0 heterocycles. The molecule has 0 saturated carbocycles. The van der Waals surface area contributed by atoms with E-state index in [1.54, 1.807) is 0 Å². The van der Waals surface area contributed by atoms with Crippen LogP contribution in [0.2, 0.25) is 0 Å². The minimum Gasteiger partial charge on any atom is -0.210 e. The summed E-state index contributed by atoms with van der Waals surface area (Å²) in [5.41, 5.74) is 0. The number of alkyl halides is 1. The molecule has 16 heavy (non-hydrogen) atoms. The van der Waals surface area contributed by atoms with Crippen LogP contribution in [0.15, 0.2) is 17.0 Å². The summed E-state index contributed by atoms with van der Waals surface area (Å²) in [5, 5.41) is 0. The van der Waals surface area contributed by atoms with Crippen LogP contribution in [0, 0.1) is 17.5 Å². The summed E-state index contributed by atoms with van der Waals surface area (Å²) in [6.07, 6.45) is 0. The molecule has 0 bridgehead atoms. The van der Waals surface area contributed by atoms with Gasteiger partial charge >= 0.3 is 0 Å². The van der Waals surface area contributed by atoms with Gasteiger partial charge in [-0.15, -0.1) is 0 Å². The van der Waals surface area contributed by atoms with Crippen LogP contribution in [0.3, 0.4) is 0 Å². The van der Waals surface area contributed by atoms with Crippen molar-refractivity contribution in [2.24, 2.45) is 0 Å². The highest BCUT2D eigenvalue weighted by atomic mass is 127. The van der Waals surface area contributed by atoms with E-state index in [2.05, 4.69) is 0 Å². The predicted octanol–water partition coefficient (Wildman–Crippen LogP) is 1.82. The first-order chi connectivity index (χ1) is 7.38. The Hall–Kier alpha value is -0.350. The van der Waals surface area contributed by atoms with Crippen LogP contribution < -0.4 is 4.72 Å². The second kappa shape index (κ2) is 5.32. The van der Waals surface area contributed by atoms with E-state index < -0.39 is 32.4 Å². The van der Waals surface area contributed by atoms with Gasteiger partial charge in [0, 0.05) is 23.1 Å². The lowest BCUT2D eigenvalue weighted by atomic mass is 10.3. The molecule has 1 aromatic rings. The number of benzene rings is 1. The first-order valence-electron chi connectivity index (χ1n) is 4.08. The lowest BCUT2D eigenvalue weighted by Gasteiger charge is -2.07. The second-order valence-corrected chi connectivity index (χ2v) is 5.57. The molecule has 0 aromatic heterocycles. The Morgan fingerprint density at radius 2 is 1.69 bits per heavy atom. The average Bonchev–Trinajstić information content (AvgIpc) is 2.12. The third-order valence-corrected chi connectivity index (χ3v) is 3.67. The van der Waals surface area contributed by atoms with Crippen LogP contribution in [0.4, 0.5) is 13.2 Å². The van der Waals surface area contributed by atoms with Crippen molar-refractivity contribution in [3.8, 4) is 0 Å². The van der Waals surface area contributed by atoms with E-state index in [1.807, 2.05) is 27.3 Å². The largest absolute Gasteiger partial charge is 0.246 e. The Morgan fingerprint density at radius 1 is 1.19 bits per heavy atom. The fraction of sp³-hybridized carbons (Fsp3) is 0.250. The normalized spacial score (nSPS) is 11.8. The standard InChI is InChI=1S/C8H7F3INO2S/c9-5-3-6(10)8(7(11)4-5)16(14,15)13-2-1-12/h3-4,13H,1-2H2. The zero-order valence-corrected chi connectivity index (χ0v) is 10.8. The molecule has 0 saturated heterocycles. The van der Waals surface area contributed by atoms with Gasteiger partial charge in [-0.1, -0.05) is 22.6 Å². The maximum atomic E-state index is 13.1. The average molecular weight is 365 g/mol. The molecule has 0 atom stereocenters. The summed E-state index contributed by atoms with van der Waals surface area (Å²) < 4.78 is 64.1. The molecule has 0 amide bonds. The third-order valence-electron chi connectivity index (χ3n) is 1.62. The van der Waals surface area contributed by atoms with Crippen molar-refractivity contribution in [3.63, 3.8) is 0 Å². The van der Waals surface area contributed by atoms with Gasteiger partial charge in [0.15, 0.2) is 4.90 Å². The smallest absolute Gasteiger partial charge is 0.210 e. The van der Waals surface area contributed by atoms with Crippen molar-refractivity contribution < 1.29 is 21.6 Å². The van der Waals surface area contributed by atoms with Crippen molar-refractivity contribution in [2.45, 2.75) is 4.90 Å². The summed E-state index contributed by atoms with van der Waals surface area (Å²) in [7, 11) is -4.27. The van der Waals surface area contributed by atoms with Gasteiger partial charge in [0.25, 0.3) is 0 Å². The van der Waals surface area contributed by atoms with E-state index in [-0.39, 0.29) is 6.54 Å². The summed E-state index contributed by atoms with van der Waals surface area (Å²) in [5.74, 6) is -4.06. The molecule has 1 aromatic carbocycles. The summed E-state index contributed by atoms with van der Waals surface area (Å²) in [6.45, 7) is 0.0408. The highest BCUT2D eigenvalue weighted by molar-refractivity contribution is 14.1. The quantitative estimate of drug-likeness (QED) is 0.654. The topological polar surface area (TPSA) is 46.2 Å². The first-order valence-corrected chi connectivity index (χ1v) is 7.09. The first kappa shape index (κ1) is 13.7. The molecular formula is C8H7F3INO2S. The Balaban J connectivity index is 3.23. The lowest BCUT2D eigenvalue weighted by molar-refractivity contribution is 0.494. The summed E-state index contributed by atoms with van der Waals surface area (Å²) in [6, 6.07) is 0.642. The van der Waals surface area contributed by atoms with Crippen molar-refractivity contribution in [3.05, 3.63) is 29.6 Å². The molecule has 0 spiro atoms. The van der Waals surface area contributed by atoms with E-state index >= 15 is 0 Å². The van der Waals surface area contributed by atoms with Crippen LogP contribution in [0.5, 0.6) is 0 Å². The van der Waals surface area contributed by atoms with E-state index in [9.17, 15) is 21.6 Å². The number of hydrogen-bond donors (Lipinski definition) is 1. The van der Waals surface area contributed by atoms with Crippen LogP contribution in [-0.2, 0) is 10.0 Å². The van der Waals surface area contributed by atoms with Crippen LogP contribution in [0.25, 0.3) is 0 Å². The molecule has 3 nitrogen and oxygen atoms in total. The second-order valence-electron chi connectivity index (χ2n) is 2.79. The van der Waals surface area contributed by atoms with Crippen molar-refractivity contribution in [1.82, 2.24) is 4.72 Å². The molecule has 0 aliphatic heterocycles. The molecule has 0 unspecified atom stereocenters. The van der Waals surface area contributed by atoms with Gasteiger partial charge in [0.1, 0.15) is 17.5 Å². The highest BCUT2D eigenvalue weighted by Gasteiger charge is 2.24. The van der Waals surface area contributed by atoms with E-state index in [0.29, 0.717) is 16.6 Å². The Bertz CT molecular complexity index is 469. The SMILES string of the molecule is O=S(=O)(NCCI)c1c(F)cc(F)cc1F. The van der Waals surface area contributed by atoms with Gasteiger partial charge in [-0.25, -0.2) is 26.3 Å². The van der Waals surface area contributed by atoms with Gasteiger partial charge in [-0.2, -0.15) is 0 Å². The number of sulfonamides is 1. The summed E-state index contributed by atoms with van der Waals surface area (Å²) >= 11 is 1.90. The fourth-order valence-electron chi connectivity index (χ4n) is 1.03. The number of halogens is 4. The Labute approximate surface area is 104 Å². The lowest BCUT2D eigenvalue weighted by Crippen LogP contribution is -2.27. The van der Waals surface area contributed by atoms with Crippen LogP contribution >= 0.6 is 22.6 Å². The maximum absolute atomic E-state index is 13.1. The monoisotopic (exact) mass is 365 g/mol. The van der Waals surface area contributed by atoms with E-state index in [1.165, 1.54) is 0 Å². The Kier molecular flexibility index (Phi) is 4.56. The van der Waals surface area contributed by atoms with Crippen molar-refractivity contribution >= 4 is 32.6 Å². The molecule has 1 rings (SSSR count). The molecule has 90 valence electrons. The van der Waals surface area contributed by atoms with Crippen LogP contribution in [0.1, 0.15) is 0 Å². The number of rotatable bonds is 4. The van der Waals surface area contributed by atoms with Crippen molar-refractivity contribution in [1.29, 1.82) is 0 Å². The van der Waals surface area contributed by atoms with Gasteiger partial charge in [0.05, 0.1) is 0 Å². The molecule has 8 heteroatoms. The van der Waals surface area contributed by atoms with Crippen molar-refractivity contribution in [2.75, 3.05) is 11.0 Å². The van der Waals surface area contributed by atoms with Gasteiger partial charge < -0.3 is 0 Å². The molecule has 0 aliphatic carbocycles. The summed E-state index contributed by atoms with van der Waals surface area (Å²) in [4.78, 5) is -1.15. The molecule has 0 radical (unpaired) electrons. The van der Waals surface area contributed by atoms with Gasteiger partial charge in [-0.3, -0.25) is 0 Å². The highest BCUT2D eigenvalue weighted by Crippen LogP contribution is 2.19. The minimum atomic E-state index is -4.27. The third kappa shape index (κ3) is 3.08.